The first-order valence-electron chi connectivity index (χ1n) is 11.4. The summed E-state index contributed by atoms with van der Waals surface area (Å²) in [5.41, 5.74) is 0.757. The number of rotatable bonds is 6. The molecule has 3 rings (SSSR count). The molecule has 2 saturated heterocycles. The summed E-state index contributed by atoms with van der Waals surface area (Å²) in [7, 11) is 0. The smallest absolute Gasteiger partial charge is 0.407 e. The largest absolute Gasteiger partial charge is 0.444 e. The monoisotopic (exact) mass is 432 g/mol. The van der Waals surface area contributed by atoms with Gasteiger partial charge in [-0.05, 0) is 83.5 Å². The Morgan fingerprint density at radius 2 is 1.65 bits per heavy atom. The highest BCUT2D eigenvalue weighted by atomic mass is 16.6. The number of anilines is 1. The van der Waals surface area contributed by atoms with Crippen LogP contribution in [0.25, 0.3) is 0 Å². The summed E-state index contributed by atoms with van der Waals surface area (Å²) < 4.78 is 5.31. The van der Waals surface area contributed by atoms with Gasteiger partial charge in [-0.3, -0.25) is 10.1 Å². The van der Waals surface area contributed by atoms with Crippen LogP contribution >= 0.6 is 0 Å². The van der Waals surface area contributed by atoms with Crippen molar-refractivity contribution in [2.75, 3.05) is 44.2 Å². The van der Waals surface area contributed by atoms with Crippen molar-refractivity contribution in [2.45, 2.75) is 52.1 Å². The Morgan fingerprint density at radius 1 is 1.06 bits per heavy atom. The van der Waals surface area contributed by atoms with E-state index in [9.17, 15) is 14.9 Å². The Kier molecular flexibility index (Phi) is 7.75. The number of nitrogens with one attached hydrogen (secondary N) is 1. The highest BCUT2D eigenvalue weighted by Gasteiger charge is 2.25. The summed E-state index contributed by atoms with van der Waals surface area (Å²) in [5, 5.41) is 13.7. The van der Waals surface area contributed by atoms with E-state index in [0.717, 1.165) is 64.1 Å². The third-order valence-electron chi connectivity index (χ3n) is 6.20. The number of nitro groups is 1. The van der Waals surface area contributed by atoms with Crippen molar-refractivity contribution >= 4 is 17.5 Å². The fourth-order valence-electron chi connectivity index (χ4n) is 4.44. The number of likely N-dealkylation sites (tertiary alicyclic amines) is 1. The lowest BCUT2D eigenvalue weighted by Crippen LogP contribution is -2.43. The minimum absolute atomic E-state index is 0.142. The van der Waals surface area contributed by atoms with Crippen LogP contribution in [0.15, 0.2) is 24.3 Å². The molecule has 2 fully saturated rings. The van der Waals surface area contributed by atoms with Gasteiger partial charge >= 0.3 is 6.09 Å². The molecule has 1 amide bonds. The highest BCUT2D eigenvalue weighted by molar-refractivity contribution is 5.67. The van der Waals surface area contributed by atoms with Crippen LogP contribution in [-0.2, 0) is 4.74 Å². The number of carbonyl (C=O) groups is 1. The van der Waals surface area contributed by atoms with E-state index >= 15 is 0 Å². The maximum atomic E-state index is 11.8. The molecule has 0 saturated carbocycles. The van der Waals surface area contributed by atoms with Gasteiger partial charge < -0.3 is 19.9 Å². The maximum absolute atomic E-state index is 11.8. The average Bonchev–Trinajstić information content (AvgIpc) is 2.73. The second-order valence-corrected chi connectivity index (χ2v) is 9.83. The lowest BCUT2D eigenvalue weighted by Gasteiger charge is -2.38. The van der Waals surface area contributed by atoms with Gasteiger partial charge in [0.15, 0.2) is 0 Å². The molecule has 0 aromatic heterocycles. The van der Waals surface area contributed by atoms with Crippen LogP contribution in [0.3, 0.4) is 0 Å². The predicted octanol–water partition coefficient (Wildman–Crippen LogP) is 4.05. The fourth-order valence-corrected chi connectivity index (χ4v) is 4.44. The van der Waals surface area contributed by atoms with Gasteiger partial charge in [0.25, 0.3) is 5.69 Å². The van der Waals surface area contributed by atoms with Crippen molar-refractivity contribution in [2.24, 2.45) is 11.8 Å². The summed E-state index contributed by atoms with van der Waals surface area (Å²) in [6, 6.07) is 6.88. The molecule has 8 nitrogen and oxygen atoms in total. The Labute approximate surface area is 185 Å². The minimum atomic E-state index is -0.457. The molecule has 8 heteroatoms. The first kappa shape index (κ1) is 23.3. The van der Waals surface area contributed by atoms with Gasteiger partial charge in [0.2, 0.25) is 0 Å². The third kappa shape index (κ3) is 7.38. The van der Waals surface area contributed by atoms with Gasteiger partial charge in [-0.2, -0.15) is 0 Å². The Hall–Kier alpha value is -2.35. The quantitative estimate of drug-likeness (QED) is 0.539. The van der Waals surface area contributed by atoms with Crippen LogP contribution in [0.1, 0.15) is 46.5 Å². The Balaban J connectivity index is 1.34. The van der Waals surface area contributed by atoms with Crippen LogP contribution in [0.2, 0.25) is 0 Å². The molecule has 0 radical (unpaired) electrons. The van der Waals surface area contributed by atoms with Crippen molar-refractivity contribution in [1.29, 1.82) is 0 Å². The van der Waals surface area contributed by atoms with E-state index in [1.807, 2.05) is 32.9 Å². The van der Waals surface area contributed by atoms with E-state index in [2.05, 4.69) is 15.1 Å². The van der Waals surface area contributed by atoms with Gasteiger partial charge in [0, 0.05) is 44.0 Å². The molecule has 0 bridgehead atoms. The van der Waals surface area contributed by atoms with Crippen LogP contribution in [0.5, 0.6) is 0 Å². The zero-order valence-corrected chi connectivity index (χ0v) is 19.0. The normalized spacial score (nSPS) is 19.3. The van der Waals surface area contributed by atoms with Gasteiger partial charge in [-0.15, -0.1) is 0 Å². The molecular formula is C23H36N4O4. The van der Waals surface area contributed by atoms with E-state index in [4.69, 9.17) is 4.74 Å². The van der Waals surface area contributed by atoms with Gasteiger partial charge in [0.1, 0.15) is 5.60 Å². The number of hydrogen-bond acceptors (Lipinski definition) is 6. The molecule has 0 spiro atoms. The van der Waals surface area contributed by atoms with Crippen LogP contribution in [0.4, 0.5) is 16.2 Å². The van der Waals surface area contributed by atoms with E-state index in [0.29, 0.717) is 18.4 Å². The number of nitro benzene ring substituents is 1. The summed E-state index contributed by atoms with van der Waals surface area (Å²) >= 11 is 0. The van der Waals surface area contributed by atoms with Crippen LogP contribution < -0.4 is 10.2 Å². The molecule has 1 N–H and O–H groups in total. The number of hydrogen-bond donors (Lipinski definition) is 1. The van der Waals surface area contributed by atoms with Crippen molar-refractivity contribution in [3.63, 3.8) is 0 Å². The lowest BCUT2D eigenvalue weighted by molar-refractivity contribution is -0.384. The van der Waals surface area contributed by atoms with E-state index in [1.54, 1.807) is 12.1 Å². The van der Waals surface area contributed by atoms with Crippen molar-refractivity contribution < 1.29 is 14.5 Å². The van der Waals surface area contributed by atoms with Gasteiger partial charge in [-0.25, -0.2) is 4.79 Å². The third-order valence-corrected chi connectivity index (χ3v) is 6.20. The molecule has 2 aliphatic rings. The number of non-ortho nitro benzene ring substituents is 1. The van der Waals surface area contributed by atoms with Crippen molar-refractivity contribution in [3.8, 4) is 0 Å². The summed E-state index contributed by atoms with van der Waals surface area (Å²) in [6.07, 6.45) is 4.19. The standard InChI is InChI=1S/C23H36N4O4/c1-23(2,3)31-22(28)24-16-18-8-12-25(13-9-18)17-19-10-14-26(15-11-19)20-4-6-21(7-5-20)27(29)30/h4-7,18-19H,8-17H2,1-3H3,(H,24,28). The second kappa shape index (κ2) is 10.3. The van der Waals surface area contributed by atoms with E-state index in [1.165, 1.54) is 0 Å². The number of nitrogens with zero attached hydrogens (tertiary/aromatic N) is 3. The van der Waals surface area contributed by atoms with Gasteiger partial charge in [0.05, 0.1) is 4.92 Å². The zero-order valence-electron chi connectivity index (χ0n) is 19.0. The topological polar surface area (TPSA) is 88.0 Å². The molecule has 0 unspecified atom stereocenters. The van der Waals surface area contributed by atoms with Crippen molar-refractivity contribution in [3.05, 3.63) is 34.4 Å². The Bertz CT molecular complexity index is 731. The molecule has 1 aromatic rings. The molecular weight excluding hydrogens is 396 g/mol. The van der Waals surface area contributed by atoms with Gasteiger partial charge in [-0.1, -0.05) is 0 Å². The SMILES string of the molecule is CC(C)(C)OC(=O)NCC1CCN(CC2CCN(c3ccc([N+](=O)[O-])cc3)CC2)CC1. The lowest BCUT2D eigenvalue weighted by atomic mass is 9.92. The zero-order chi connectivity index (χ0) is 22.4. The first-order valence-corrected chi connectivity index (χ1v) is 11.4. The molecule has 31 heavy (non-hydrogen) atoms. The van der Waals surface area contributed by atoms with Crippen molar-refractivity contribution in [1.82, 2.24) is 10.2 Å². The van der Waals surface area contributed by atoms with Crippen LogP contribution in [0, 0.1) is 22.0 Å². The van der Waals surface area contributed by atoms with E-state index in [-0.39, 0.29) is 16.7 Å². The van der Waals surface area contributed by atoms with E-state index < -0.39 is 5.60 Å². The number of carbonyl (C=O) groups excluding carboxylic acids is 1. The molecule has 172 valence electrons. The minimum Gasteiger partial charge on any atom is -0.444 e. The highest BCUT2D eigenvalue weighted by Crippen LogP contribution is 2.27. The maximum Gasteiger partial charge on any atom is 0.407 e. The summed E-state index contributed by atoms with van der Waals surface area (Å²) in [6.45, 7) is 11.6. The number of amides is 1. The molecule has 0 aliphatic carbocycles. The number of alkyl carbamates (subject to hydrolysis) is 1. The molecule has 0 atom stereocenters. The second-order valence-electron chi connectivity index (χ2n) is 9.83. The fraction of sp³-hybridized carbons (Fsp3) is 0.696. The van der Waals surface area contributed by atoms with Crippen LogP contribution in [-0.4, -0.2) is 60.8 Å². The molecule has 1 aromatic carbocycles. The molecule has 2 heterocycles. The first-order chi connectivity index (χ1) is 14.7. The summed E-state index contributed by atoms with van der Waals surface area (Å²) in [5.74, 6) is 1.22. The Morgan fingerprint density at radius 3 is 2.19 bits per heavy atom. The number of piperidine rings is 2. The predicted molar refractivity (Wildman–Crippen MR) is 121 cm³/mol. The number of ether oxygens (including phenoxy) is 1. The average molecular weight is 433 g/mol. The number of benzene rings is 1. The summed E-state index contributed by atoms with van der Waals surface area (Å²) in [4.78, 5) is 27.2. The molecule has 2 aliphatic heterocycles.